The van der Waals surface area contributed by atoms with Gasteiger partial charge in [0, 0.05) is 6.04 Å². The van der Waals surface area contributed by atoms with Crippen molar-refractivity contribution >= 4 is 11.9 Å². The molecule has 102 valence electrons. The number of amides is 1. The van der Waals surface area contributed by atoms with E-state index in [-0.39, 0.29) is 30.1 Å². The maximum Gasteiger partial charge on any atom is 0.306 e. The summed E-state index contributed by atoms with van der Waals surface area (Å²) in [7, 11) is 0. The number of hydrogen-bond acceptors (Lipinski definition) is 3. The molecule has 0 aromatic carbocycles. The number of ether oxygens (including phenoxy) is 1. The number of nitrogens with one attached hydrogen (secondary N) is 1. The minimum absolute atomic E-state index is 0.0295. The summed E-state index contributed by atoms with van der Waals surface area (Å²) in [6, 6.07) is 0.118. The van der Waals surface area contributed by atoms with E-state index >= 15 is 0 Å². The average molecular weight is 255 g/mol. The Morgan fingerprint density at radius 1 is 1.11 bits per heavy atom. The van der Waals surface area contributed by atoms with Crippen molar-refractivity contribution in [1.29, 1.82) is 0 Å². The predicted molar refractivity (Wildman–Crippen MR) is 65.1 cm³/mol. The van der Waals surface area contributed by atoms with E-state index in [1.54, 1.807) is 0 Å². The molecule has 5 nitrogen and oxygen atoms in total. The minimum Gasteiger partial charge on any atom is -0.481 e. The Balaban J connectivity index is 1.74. The Labute approximate surface area is 107 Å². The zero-order valence-corrected chi connectivity index (χ0v) is 10.7. The third kappa shape index (κ3) is 3.22. The second-order valence-corrected chi connectivity index (χ2v) is 5.41. The lowest BCUT2D eigenvalue weighted by Crippen LogP contribution is -2.43. The van der Waals surface area contributed by atoms with Gasteiger partial charge in [-0.15, -0.1) is 0 Å². The maximum atomic E-state index is 11.9. The van der Waals surface area contributed by atoms with Gasteiger partial charge in [0.25, 0.3) is 0 Å². The topological polar surface area (TPSA) is 75.6 Å². The number of carbonyl (C=O) groups is 2. The Kier molecular flexibility index (Phi) is 4.22. The van der Waals surface area contributed by atoms with Crippen molar-refractivity contribution in [2.24, 2.45) is 5.92 Å². The molecule has 0 aromatic rings. The Morgan fingerprint density at radius 2 is 1.78 bits per heavy atom. The van der Waals surface area contributed by atoms with Gasteiger partial charge in [0.1, 0.15) is 6.10 Å². The van der Waals surface area contributed by atoms with Crippen molar-refractivity contribution in [2.75, 3.05) is 0 Å². The summed E-state index contributed by atoms with van der Waals surface area (Å²) in [5, 5.41) is 11.9. The number of carbonyl (C=O) groups excluding carboxylic acids is 1. The smallest absolute Gasteiger partial charge is 0.306 e. The summed E-state index contributed by atoms with van der Waals surface area (Å²) in [6.45, 7) is 1.98. The number of aliphatic carboxylic acids is 1. The zero-order chi connectivity index (χ0) is 13.1. The van der Waals surface area contributed by atoms with Crippen LogP contribution in [-0.2, 0) is 14.3 Å². The highest BCUT2D eigenvalue weighted by Crippen LogP contribution is 2.25. The molecular formula is C13H21NO4. The molecule has 2 rings (SSSR count). The summed E-state index contributed by atoms with van der Waals surface area (Å²) in [4.78, 5) is 22.7. The molecule has 2 aliphatic rings. The van der Waals surface area contributed by atoms with Crippen LogP contribution in [0.5, 0.6) is 0 Å². The number of carboxylic acids is 1. The van der Waals surface area contributed by atoms with E-state index < -0.39 is 5.97 Å². The molecular weight excluding hydrogens is 234 g/mol. The molecule has 1 aliphatic carbocycles. The molecule has 2 atom stereocenters. The first-order valence-corrected chi connectivity index (χ1v) is 6.75. The fourth-order valence-corrected chi connectivity index (χ4v) is 2.77. The van der Waals surface area contributed by atoms with E-state index in [0.717, 1.165) is 25.7 Å². The van der Waals surface area contributed by atoms with E-state index in [9.17, 15) is 9.59 Å². The molecule has 1 amide bonds. The highest BCUT2D eigenvalue weighted by Gasteiger charge is 2.31. The number of carboxylic acid groups (broad SMARTS) is 1. The van der Waals surface area contributed by atoms with Crippen molar-refractivity contribution in [2.45, 2.75) is 63.7 Å². The molecule has 1 saturated heterocycles. The first kappa shape index (κ1) is 13.3. The van der Waals surface area contributed by atoms with E-state index in [0.29, 0.717) is 12.8 Å². The Morgan fingerprint density at radius 3 is 2.28 bits per heavy atom. The van der Waals surface area contributed by atoms with Gasteiger partial charge in [-0.25, -0.2) is 0 Å². The molecule has 0 spiro atoms. The van der Waals surface area contributed by atoms with Crippen LogP contribution in [0.25, 0.3) is 0 Å². The van der Waals surface area contributed by atoms with Gasteiger partial charge in [0.2, 0.25) is 5.91 Å². The van der Waals surface area contributed by atoms with Gasteiger partial charge in [-0.1, -0.05) is 0 Å². The molecule has 0 radical (unpaired) electrons. The monoisotopic (exact) mass is 255 g/mol. The lowest BCUT2D eigenvalue weighted by Gasteiger charge is -2.27. The lowest BCUT2D eigenvalue weighted by molar-refractivity contribution is -0.143. The Bertz CT molecular complexity index is 323. The van der Waals surface area contributed by atoms with Crippen molar-refractivity contribution in [3.05, 3.63) is 0 Å². The van der Waals surface area contributed by atoms with Crippen LogP contribution in [0, 0.1) is 5.92 Å². The van der Waals surface area contributed by atoms with Crippen molar-refractivity contribution in [3.8, 4) is 0 Å². The lowest BCUT2D eigenvalue weighted by atomic mass is 9.86. The van der Waals surface area contributed by atoms with Gasteiger partial charge in [-0.05, 0) is 45.4 Å². The first-order chi connectivity index (χ1) is 8.56. The van der Waals surface area contributed by atoms with Gasteiger partial charge >= 0.3 is 5.97 Å². The van der Waals surface area contributed by atoms with E-state index in [4.69, 9.17) is 9.84 Å². The molecule has 18 heavy (non-hydrogen) atoms. The van der Waals surface area contributed by atoms with E-state index in [2.05, 4.69) is 5.32 Å². The van der Waals surface area contributed by atoms with E-state index in [1.165, 1.54) is 0 Å². The van der Waals surface area contributed by atoms with Crippen LogP contribution in [-0.4, -0.2) is 35.2 Å². The highest BCUT2D eigenvalue weighted by atomic mass is 16.5. The molecule has 0 aromatic heterocycles. The molecule has 0 bridgehead atoms. The fraction of sp³-hybridized carbons (Fsp3) is 0.846. The number of rotatable bonds is 3. The summed E-state index contributed by atoms with van der Waals surface area (Å²) in [5.41, 5.74) is 0. The van der Waals surface area contributed by atoms with Crippen molar-refractivity contribution in [1.82, 2.24) is 5.32 Å². The van der Waals surface area contributed by atoms with Crippen LogP contribution in [0.3, 0.4) is 0 Å². The molecule has 1 heterocycles. The third-order valence-electron chi connectivity index (χ3n) is 3.95. The van der Waals surface area contributed by atoms with Crippen LogP contribution in [0.1, 0.15) is 45.4 Å². The van der Waals surface area contributed by atoms with Crippen molar-refractivity contribution in [3.63, 3.8) is 0 Å². The molecule has 2 N–H and O–H groups in total. The number of hydrogen-bond donors (Lipinski definition) is 2. The quantitative estimate of drug-likeness (QED) is 0.797. The largest absolute Gasteiger partial charge is 0.481 e. The van der Waals surface area contributed by atoms with Gasteiger partial charge < -0.3 is 15.2 Å². The van der Waals surface area contributed by atoms with Gasteiger partial charge in [-0.3, -0.25) is 9.59 Å². The van der Waals surface area contributed by atoms with Gasteiger partial charge in [-0.2, -0.15) is 0 Å². The second-order valence-electron chi connectivity index (χ2n) is 5.41. The van der Waals surface area contributed by atoms with Crippen LogP contribution >= 0.6 is 0 Å². The van der Waals surface area contributed by atoms with Crippen LogP contribution in [0.2, 0.25) is 0 Å². The summed E-state index contributed by atoms with van der Waals surface area (Å²) in [5.74, 6) is -0.980. The molecule has 0 unspecified atom stereocenters. The van der Waals surface area contributed by atoms with Gasteiger partial charge in [0.05, 0.1) is 12.0 Å². The molecule has 1 saturated carbocycles. The molecule has 1 aliphatic heterocycles. The average Bonchev–Trinajstić information content (AvgIpc) is 2.76. The standard InChI is InChI=1S/C13H21NO4/c1-8-2-7-11(18-8)12(15)14-10-5-3-9(4-6-10)13(16)17/h8-11H,2-7H2,1H3,(H,14,15)(H,16,17)/t8-,9?,10?,11-/m1/s1. The molecule has 2 fully saturated rings. The second kappa shape index (κ2) is 5.69. The van der Waals surface area contributed by atoms with Crippen LogP contribution in [0.4, 0.5) is 0 Å². The SMILES string of the molecule is C[C@@H]1CC[C@H](C(=O)NC2CCC(C(=O)O)CC2)O1. The van der Waals surface area contributed by atoms with Crippen molar-refractivity contribution < 1.29 is 19.4 Å². The fourth-order valence-electron chi connectivity index (χ4n) is 2.77. The van der Waals surface area contributed by atoms with Crippen LogP contribution in [0.15, 0.2) is 0 Å². The molecule has 5 heteroatoms. The summed E-state index contributed by atoms with van der Waals surface area (Å²) in [6.07, 6.45) is 4.41. The first-order valence-electron chi connectivity index (χ1n) is 6.75. The zero-order valence-electron chi connectivity index (χ0n) is 10.7. The summed E-state index contributed by atoms with van der Waals surface area (Å²) >= 11 is 0. The minimum atomic E-state index is -0.715. The normalized spacial score (nSPS) is 36.3. The predicted octanol–water partition coefficient (Wildman–Crippen LogP) is 1.31. The van der Waals surface area contributed by atoms with Crippen LogP contribution < -0.4 is 5.32 Å². The maximum absolute atomic E-state index is 11.9. The summed E-state index contributed by atoms with van der Waals surface area (Å²) < 4.78 is 5.52. The Hall–Kier alpha value is -1.10. The van der Waals surface area contributed by atoms with Gasteiger partial charge in [0.15, 0.2) is 0 Å². The highest BCUT2D eigenvalue weighted by molar-refractivity contribution is 5.81. The van der Waals surface area contributed by atoms with E-state index in [1.807, 2.05) is 6.92 Å². The third-order valence-corrected chi connectivity index (χ3v) is 3.95.